The number of likely N-dealkylation sites (tertiary alicyclic amines) is 1. The largest absolute Gasteiger partial charge is 0.327 e. The lowest BCUT2D eigenvalue weighted by molar-refractivity contribution is 0.158. The smallest absolute Gasteiger partial charge is 0.0568 e. The maximum Gasteiger partial charge on any atom is 0.0568 e. The molecule has 1 aliphatic rings. The fourth-order valence-corrected chi connectivity index (χ4v) is 3.29. The third-order valence-electron chi connectivity index (χ3n) is 4.73. The predicted molar refractivity (Wildman–Crippen MR) is 90.4 cm³/mol. The van der Waals surface area contributed by atoms with Crippen LogP contribution in [0.25, 0.3) is 11.1 Å². The Labute approximate surface area is 132 Å². The normalized spacial score (nSPS) is 22.9. The first-order chi connectivity index (χ1) is 10.5. The van der Waals surface area contributed by atoms with E-state index in [1.165, 1.54) is 22.3 Å². The first-order valence-electron chi connectivity index (χ1n) is 8.09. The van der Waals surface area contributed by atoms with E-state index in [-0.39, 0.29) is 0 Å². The SMILES string of the molecule is Cc1ccc(CN2CCC(N)C(C)C2)c(-c2cnn(C)c2)c1. The highest BCUT2D eigenvalue weighted by Gasteiger charge is 2.23. The van der Waals surface area contributed by atoms with Gasteiger partial charge in [0.05, 0.1) is 6.20 Å². The number of aryl methyl sites for hydroxylation is 2. The summed E-state index contributed by atoms with van der Waals surface area (Å²) >= 11 is 0. The molecule has 2 N–H and O–H groups in total. The lowest BCUT2D eigenvalue weighted by atomic mass is 9.93. The predicted octanol–water partition coefficient (Wildman–Crippen LogP) is 2.56. The Morgan fingerprint density at radius 1 is 1.36 bits per heavy atom. The minimum absolute atomic E-state index is 0.354. The Hall–Kier alpha value is -1.65. The van der Waals surface area contributed by atoms with E-state index in [2.05, 4.69) is 48.2 Å². The van der Waals surface area contributed by atoms with Gasteiger partial charge in [-0.2, -0.15) is 5.10 Å². The molecule has 1 aliphatic heterocycles. The molecule has 22 heavy (non-hydrogen) atoms. The van der Waals surface area contributed by atoms with Crippen LogP contribution in [0.5, 0.6) is 0 Å². The molecule has 0 aliphatic carbocycles. The number of hydrogen-bond donors (Lipinski definition) is 1. The molecule has 1 fully saturated rings. The Morgan fingerprint density at radius 3 is 2.86 bits per heavy atom. The average molecular weight is 298 g/mol. The number of nitrogens with two attached hydrogens (primary N) is 1. The van der Waals surface area contributed by atoms with Crippen molar-refractivity contribution in [2.24, 2.45) is 18.7 Å². The van der Waals surface area contributed by atoms with E-state index < -0.39 is 0 Å². The summed E-state index contributed by atoms with van der Waals surface area (Å²) in [5, 5.41) is 4.32. The summed E-state index contributed by atoms with van der Waals surface area (Å²) < 4.78 is 1.86. The second-order valence-corrected chi connectivity index (χ2v) is 6.73. The molecule has 1 aromatic carbocycles. The minimum atomic E-state index is 0.354. The first-order valence-corrected chi connectivity index (χ1v) is 8.09. The van der Waals surface area contributed by atoms with Gasteiger partial charge in [0.1, 0.15) is 0 Å². The van der Waals surface area contributed by atoms with Crippen molar-refractivity contribution in [2.75, 3.05) is 13.1 Å². The van der Waals surface area contributed by atoms with Crippen LogP contribution in [0.4, 0.5) is 0 Å². The summed E-state index contributed by atoms with van der Waals surface area (Å²) in [6, 6.07) is 7.09. The number of aromatic nitrogens is 2. The van der Waals surface area contributed by atoms with Crippen LogP contribution in [0, 0.1) is 12.8 Å². The second-order valence-electron chi connectivity index (χ2n) is 6.73. The molecule has 4 heteroatoms. The van der Waals surface area contributed by atoms with Crippen molar-refractivity contribution in [3.05, 3.63) is 41.7 Å². The maximum atomic E-state index is 6.14. The van der Waals surface area contributed by atoms with Gasteiger partial charge in [-0.3, -0.25) is 9.58 Å². The van der Waals surface area contributed by atoms with Crippen LogP contribution in [-0.4, -0.2) is 33.8 Å². The van der Waals surface area contributed by atoms with E-state index >= 15 is 0 Å². The van der Waals surface area contributed by atoms with Gasteiger partial charge in [0.25, 0.3) is 0 Å². The van der Waals surface area contributed by atoms with Crippen molar-refractivity contribution in [2.45, 2.75) is 32.9 Å². The molecule has 0 amide bonds. The van der Waals surface area contributed by atoms with E-state index in [0.29, 0.717) is 12.0 Å². The van der Waals surface area contributed by atoms with Gasteiger partial charge in [-0.1, -0.05) is 30.7 Å². The molecule has 0 bridgehead atoms. The molecule has 0 radical (unpaired) electrons. The van der Waals surface area contributed by atoms with Gasteiger partial charge >= 0.3 is 0 Å². The third-order valence-corrected chi connectivity index (χ3v) is 4.73. The summed E-state index contributed by atoms with van der Waals surface area (Å²) in [5.41, 5.74) is 11.3. The van der Waals surface area contributed by atoms with Crippen molar-refractivity contribution in [1.82, 2.24) is 14.7 Å². The molecule has 2 heterocycles. The number of piperidine rings is 1. The van der Waals surface area contributed by atoms with Gasteiger partial charge in [-0.25, -0.2) is 0 Å². The van der Waals surface area contributed by atoms with E-state index in [4.69, 9.17) is 5.73 Å². The van der Waals surface area contributed by atoms with Crippen molar-refractivity contribution in [3.8, 4) is 11.1 Å². The van der Waals surface area contributed by atoms with Gasteiger partial charge in [0.2, 0.25) is 0 Å². The number of benzene rings is 1. The van der Waals surface area contributed by atoms with E-state index in [9.17, 15) is 0 Å². The summed E-state index contributed by atoms with van der Waals surface area (Å²) in [5.74, 6) is 0.570. The fourth-order valence-electron chi connectivity index (χ4n) is 3.29. The van der Waals surface area contributed by atoms with E-state index in [1.54, 1.807) is 0 Å². The average Bonchev–Trinajstić information content (AvgIpc) is 2.91. The molecule has 0 saturated carbocycles. The van der Waals surface area contributed by atoms with E-state index in [1.807, 2.05) is 17.9 Å². The molecule has 2 atom stereocenters. The standard InChI is InChI=1S/C18H26N4/c1-13-4-5-15(12-22-7-6-18(19)14(2)10-22)17(8-13)16-9-20-21(3)11-16/h4-5,8-9,11,14,18H,6-7,10,12,19H2,1-3H3. The Bertz CT molecular complexity index is 646. The molecule has 0 spiro atoms. The van der Waals surface area contributed by atoms with E-state index in [0.717, 1.165) is 26.1 Å². The zero-order valence-corrected chi connectivity index (χ0v) is 13.8. The Kier molecular flexibility index (Phi) is 4.32. The second kappa shape index (κ2) is 6.23. The number of nitrogens with zero attached hydrogens (tertiary/aromatic N) is 3. The Morgan fingerprint density at radius 2 is 2.18 bits per heavy atom. The van der Waals surface area contributed by atoms with Gasteiger partial charge < -0.3 is 5.73 Å². The molecule has 4 nitrogen and oxygen atoms in total. The fraction of sp³-hybridized carbons (Fsp3) is 0.500. The molecule has 2 unspecified atom stereocenters. The Balaban J connectivity index is 1.84. The van der Waals surface area contributed by atoms with Crippen LogP contribution in [0.1, 0.15) is 24.5 Å². The van der Waals surface area contributed by atoms with Crippen LogP contribution in [-0.2, 0) is 13.6 Å². The summed E-state index contributed by atoms with van der Waals surface area (Å²) in [6.45, 7) is 7.56. The summed E-state index contributed by atoms with van der Waals surface area (Å²) in [7, 11) is 1.96. The highest BCUT2D eigenvalue weighted by atomic mass is 15.2. The molecular weight excluding hydrogens is 272 g/mol. The van der Waals surface area contributed by atoms with Crippen LogP contribution < -0.4 is 5.73 Å². The molecule has 1 aromatic heterocycles. The van der Waals surface area contributed by atoms with Gasteiger partial charge in [0.15, 0.2) is 0 Å². The monoisotopic (exact) mass is 298 g/mol. The quantitative estimate of drug-likeness (QED) is 0.947. The third kappa shape index (κ3) is 3.23. The van der Waals surface area contributed by atoms with Crippen molar-refractivity contribution in [1.29, 1.82) is 0 Å². The van der Waals surface area contributed by atoms with Gasteiger partial charge in [0, 0.05) is 37.9 Å². The lowest BCUT2D eigenvalue weighted by Gasteiger charge is -2.35. The topological polar surface area (TPSA) is 47.1 Å². The molecule has 1 saturated heterocycles. The zero-order valence-electron chi connectivity index (χ0n) is 13.8. The molecular formula is C18H26N4. The molecule has 2 aromatic rings. The van der Waals surface area contributed by atoms with Crippen LogP contribution >= 0.6 is 0 Å². The minimum Gasteiger partial charge on any atom is -0.327 e. The zero-order chi connectivity index (χ0) is 15.7. The van der Waals surface area contributed by atoms with Crippen molar-refractivity contribution in [3.63, 3.8) is 0 Å². The lowest BCUT2D eigenvalue weighted by Crippen LogP contribution is -2.45. The van der Waals surface area contributed by atoms with Gasteiger partial charge in [-0.05, 0) is 36.9 Å². The highest BCUT2D eigenvalue weighted by Crippen LogP contribution is 2.27. The summed E-state index contributed by atoms with van der Waals surface area (Å²) in [4.78, 5) is 2.53. The van der Waals surface area contributed by atoms with Crippen LogP contribution in [0.2, 0.25) is 0 Å². The number of hydrogen-bond acceptors (Lipinski definition) is 3. The maximum absolute atomic E-state index is 6.14. The summed E-state index contributed by atoms with van der Waals surface area (Å²) in [6.07, 6.45) is 5.13. The van der Waals surface area contributed by atoms with Crippen molar-refractivity contribution >= 4 is 0 Å². The number of rotatable bonds is 3. The van der Waals surface area contributed by atoms with Crippen molar-refractivity contribution < 1.29 is 0 Å². The van der Waals surface area contributed by atoms with Crippen LogP contribution in [0.3, 0.4) is 0 Å². The molecule has 118 valence electrons. The van der Waals surface area contributed by atoms with Gasteiger partial charge in [-0.15, -0.1) is 0 Å². The highest BCUT2D eigenvalue weighted by molar-refractivity contribution is 5.66. The molecule has 3 rings (SSSR count). The van der Waals surface area contributed by atoms with Crippen LogP contribution in [0.15, 0.2) is 30.6 Å². The first kappa shape index (κ1) is 15.3.